The van der Waals surface area contributed by atoms with Gasteiger partial charge >= 0.3 is 0 Å². The van der Waals surface area contributed by atoms with E-state index in [1.54, 1.807) is 31.4 Å². The van der Waals surface area contributed by atoms with E-state index in [4.69, 9.17) is 34.3 Å². The van der Waals surface area contributed by atoms with Gasteiger partial charge in [0, 0.05) is 17.3 Å². The first-order valence-corrected chi connectivity index (χ1v) is 6.50. The Morgan fingerprint density at radius 1 is 1.25 bits per heavy atom. The molecule has 3 nitrogen and oxygen atoms in total. The highest BCUT2D eigenvalue weighted by Gasteiger charge is 2.09. The molecule has 6 heteroatoms. The third-order valence-electron chi connectivity index (χ3n) is 2.69. The lowest BCUT2D eigenvalue weighted by molar-refractivity contribution is 0.415. The van der Waals surface area contributed by atoms with Crippen molar-refractivity contribution < 1.29 is 9.13 Å². The van der Waals surface area contributed by atoms with Gasteiger partial charge in [-0.1, -0.05) is 23.8 Å². The van der Waals surface area contributed by atoms with Gasteiger partial charge in [-0.05, 0) is 30.3 Å². The molecule has 0 saturated carbocycles. The third kappa shape index (κ3) is 3.18. The fourth-order valence-electron chi connectivity index (χ4n) is 1.70. The van der Waals surface area contributed by atoms with E-state index in [9.17, 15) is 4.39 Å². The highest BCUT2D eigenvalue weighted by atomic mass is 35.5. The SMILES string of the molecule is COc1ccc(Cl)c(Nc2ccc(F)cc2C(N)=S)c1. The van der Waals surface area contributed by atoms with Crippen LogP contribution in [0.1, 0.15) is 5.56 Å². The lowest BCUT2D eigenvalue weighted by Gasteiger charge is -2.13. The highest BCUT2D eigenvalue weighted by molar-refractivity contribution is 7.80. The van der Waals surface area contributed by atoms with E-state index in [-0.39, 0.29) is 4.99 Å². The van der Waals surface area contributed by atoms with Crippen LogP contribution in [0, 0.1) is 5.82 Å². The van der Waals surface area contributed by atoms with Crippen LogP contribution in [0.4, 0.5) is 15.8 Å². The molecule has 0 radical (unpaired) electrons. The van der Waals surface area contributed by atoms with E-state index >= 15 is 0 Å². The molecule has 0 saturated heterocycles. The number of nitrogens with two attached hydrogens (primary N) is 1. The van der Waals surface area contributed by atoms with Crippen LogP contribution in [0.3, 0.4) is 0 Å². The van der Waals surface area contributed by atoms with Crippen LogP contribution in [0.2, 0.25) is 5.02 Å². The van der Waals surface area contributed by atoms with Gasteiger partial charge in [0.15, 0.2) is 0 Å². The lowest BCUT2D eigenvalue weighted by Crippen LogP contribution is -2.12. The summed E-state index contributed by atoms with van der Waals surface area (Å²) in [6.07, 6.45) is 0. The van der Waals surface area contributed by atoms with Crippen LogP contribution < -0.4 is 15.8 Å². The smallest absolute Gasteiger partial charge is 0.124 e. The first-order valence-electron chi connectivity index (χ1n) is 5.71. The largest absolute Gasteiger partial charge is 0.497 e. The molecular formula is C14H12ClFN2OS. The Balaban J connectivity index is 2.42. The summed E-state index contributed by atoms with van der Waals surface area (Å²) in [6, 6.07) is 9.32. The number of halogens is 2. The summed E-state index contributed by atoms with van der Waals surface area (Å²) in [4.78, 5) is 0.103. The second-order valence-electron chi connectivity index (χ2n) is 4.02. The topological polar surface area (TPSA) is 47.3 Å². The molecule has 3 N–H and O–H groups in total. The van der Waals surface area contributed by atoms with Gasteiger partial charge in [-0.25, -0.2) is 4.39 Å². The predicted molar refractivity (Wildman–Crippen MR) is 83.6 cm³/mol. The summed E-state index contributed by atoms with van der Waals surface area (Å²) in [6.45, 7) is 0. The molecule has 2 aromatic rings. The zero-order chi connectivity index (χ0) is 14.7. The summed E-state index contributed by atoms with van der Waals surface area (Å²) >= 11 is 11.0. The number of methoxy groups -OCH3 is 1. The van der Waals surface area contributed by atoms with E-state index in [0.717, 1.165) is 0 Å². The Morgan fingerprint density at radius 3 is 2.65 bits per heavy atom. The summed E-state index contributed by atoms with van der Waals surface area (Å²) in [5.74, 6) is 0.242. The van der Waals surface area contributed by atoms with Crippen LogP contribution in [0.15, 0.2) is 36.4 Å². The average molecular weight is 311 g/mol. The maximum atomic E-state index is 13.3. The minimum absolute atomic E-state index is 0.103. The van der Waals surface area contributed by atoms with E-state index in [1.165, 1.54) is 12.1 Å². The van der Waals surface area contributed by atoms with Gasteiger partial charge in [0.1, 0.15) is 16.6 Å². The molecule has 0 aliphatic carbocycles. The highest BCUT2D eigenvalue weighted by Crippen LogP contribution is 2.31. The molecule has 0 heterocycles. The van der Waals surface area contributed by atoms with E-state index in [0.29, 0.717) is 27.7 Å². The van der Waals surface area contributed by atoms with Crippen LogP contribution in [-0.4, -0.2) is 12.1 Å². The van der Waals surface area contributed by atoms with Gasteiger partial charge in [-0.2, -0.15) is 0 Å². The zero-order valence-electron chi connectivity index (χ0n) is 10.6. The van der Waals surface area contributed by atoms with E-state index in [2.05, 4.69) is 5.32 Å². The number of thiocarbonyl (C=S) groups is 1. The molecule has 0 bridgehead atoms. The minimum atomic E-state index is -0.407. The molecule has 0 aliphatic rings. The maximum Gasteiger partial charge on any atom is 0.124 e. The normalized spacial score (nSPS) is 10.2. The number of hydrogen-bond donors (Lipinski definition) is 2. The molecule has 20 heavy (non-hydrogen) atoms. The summed E-state index contributed by atoms with van der Waals surface area (Å²) in [5.41, 5.74) is 7.21. The summed E-state index contributed by atoms with van der Waals surface area (Å²) in [7, 11) is 1.56. The molecule has 0 atom stereocenters. The van der Waals surface area contributed by atoms with Crippen molar-refractivity contribution in [2.75, 3.05) is 12.4 Å². The molecule has 0 fully saturated rings. The average Bonchev–Trinajstić information content (AvgIpc) is 2.42. The van der Waals surface area contributed by atoms with Crippen molar-refractivity contribution in [3.63, 3.8) is 0 Å². The van der Waals surface area contributed by atoms with Crippen molar-refractivity contribution in [3.8, 4) is 5.75 Å². The molecule has 0 aromatic heterocycles. The Morgan fingerprint density at radius 2 is 2.00 bits per heavy atom. The van der Waals surface area contributed by atoms with Gasteiger partial charge < -0.3 is 15.8 Å². The number of rotatable bonds is 4. The number of benzene rings is 2. The van der Waals surface area contributed by atoms with Crippen LogP contribution in [0.5, 0.6) is 5.75 Å². The second-order valence-corrected chi connectivity index (χ2v) is 4.87. The molecule has 2 rings (SSSR count). The Bertz CT molecular complexity index is 664. The number of hydrogen-bond acceptors (Lipinski definition) is 3. The van der Waals surface area contributed by atoms with Gasteiger partial charge in [-0.3, -0.25) is 0 Å². The van der Waals surface area contributed by atoms with E-state index in [1.807, 2.05) is 0 Å². The molecule has 104 valence electrons. The number of ether oxygens (including phenoxy) is 1. The Kier molecular flexibility index (Phi) is 4.42. The van der Waals surface area contributed by atoms with Gasteiger partial charge in [0.05, 0.1) is 17.8 Å². The first kappa shape index (κ1) is 14.6. The molecule has 2 aromatic carbocycles. The minimum Gasteiger partial charge on any atom is -0.497 e. The fraction of sp³-hybridized carbons (Fsp3) is 0.0714. The predicted octanol–water partition coefficient (Wildman–Crippen LogP) is 3.87. The van der Waals surface area contributed by atoms with Crippen LogP contribution in [0.25, 0.3) is 0 Å². The van der Waals surface area contributed by atoms with Gasteiger partial charge in [-0.15, -0.1) is 0 Å². The Hall–Kier alpha value is -1.85. The summed E-state index contributed by atoms with van der Waals surface area (Å²) < 4.78 is 18.4. The molecule has 0 spiro atoms. The van der Waals surface area contributed by atoms with Crippen LogP contribution >= 0.6 is 23.8 Å². The Labute approximate surface area is 126 Å². The van der Waals surface area contributed by atoms with Crippen molar-refractivity contribution in [3.05, 3.63) is 52.8 Å². The van der Waals surface area contributed by atoms with Crippen LogP contribution in [-0.2, 0) is 0 Å². The maximum absolute atomic E-state index is 13.3. The number of anilines is 2. The molecular weight excluding hydrogens is 299 g/mol. The second kappa shape index (κ2) is 6.07. The summed E-state index contributed by atoms with van der Waals surface area (Å²) in [5, 5.41) is 3.58. The van der Waals surface area contributed by atoms with E-state index < -0.39 is 5.82 Å². The quantitative estimate of drug-likeness (QED) is 0.842. The zero-order valence-corrected chi connectivity index (χ0v) is 12.2. The van der Waals surface area contributed by atoms with Gasteiger partial charge in [0.25, 0.3) is 0 Å². The third-order valence-corrected chi connectivity index (χ3v) is 3.24. The standard InChI is InChI=1S/C14H12ClFN2OS/c1-19-9-3-4-11(15)13(7-9)18-12-5-2-8(16)6-10(12)14(17)20/h2-7,18H,1H3,(H2,17,20). The van der Waals surface area contributed by atoms with Crippen molar-refractivity contribution in [1.82, 2.24) is 0 Å². The van der Waals surface area contributed by atoms with Crippen molar-refractivity contribution in [2.24, 2.45) is 5.73 Å². The molecule has 0 aliphatic heterocycles. The number of nitrogens with one attached hydrogen (secondary N) is 1. The van der Waals surface area contributed by atoms with Gasteiger partial charge in [0.2, 0.25) is 0 Å². The van der Waals surface area contributed by atoms with Crippen molar-refractivity contribution >= 4 is 40.2 Å². The lowest BCUT2D eigenvalue weighted by atomic mass is 10.1. The molecule has 0 amide bonds. The molecule has 0 unspecified atom stereocenters. The van der Waals surface area contributed by atoms with Crippen molar-refractivity contribution in [1.29, 1.82) is 0 Å². The monoisotopic (exact) mass is 310 g/mol. The van der Waals surface area contributed by atoms with Crippen molar-refractivity contribution in [2.45, 2.75) is 0 Å². The fourth-order valence-corrected chi connectivity index (χ4v) is 2.04. The first-order chi connectivity index (χ1) is 9.51.